The molecular weight excluding hydrogens is 362 g/mol. The van der Waals surface area contributed by atoms with Gasteiger partial charge < -0.3 is 10.1 Å². The number of thiophene rings is 1. The number of aromatic nitrogens is 1. The fourth-order valence-electron chi connectivity index (χ4n) is 2.41. The monoisotopic (exact) mass is 377 g/mol. The molecule has 6 nitrogen and oxygen atoms in total. The topological polar surface area (TPSA) is 92.1 Å². The van der Waals surface area contributed by atoms with Gasteiger partial charge in [0.1, 0.15) is 11.1 Å². The number of carbonyl (C=O) groups is 2. The van der Waals surface area contributed by atoms with Crippen LogP contribution in [0, 0.1) is 18.3 Å². The number of rotatable bonds is 5. The zero-order chi connectivity index (χ0) is 19.2. The van der Waals surface area contributed by atoms with Crippen molar-refractivity contribution in [3.8, 4) is 17.3 Å². The van der Waals surface area contributed by atoms with Crippen molar-refractivity contribution in [3.05, 3.63) is 70.7 Å². The molecule has 0 saturated heterocycles. The van der Waals surface area contributed by atoms with Crippen molar-refractivity contribution in [1.29, 1.82) is 5.26 Å². The molecule has 0 atom stereocenters. The summed E-state index contributed by atoms with van der Waals surface area (Å²) in [6.45, 7) is 1.27. The van der Waals surface area contributed by atoms with Gasteiger partial charge in [0.15, 0.2) is 6.61 Å². The summed E-state index contributed by atoms with van der Waals surface area (Å²) < 4.78 is 5.07. The maximum Gasteiger partial charge on any atom is 0.340 e. The normalized spacial score (nSPS) is 10.1. The van der Waals surface area contributed by atoms with E-state index < -0.39 is 18.5 Å². The number of hydrogen-bond donors (Lipinski definition) is 1. The number of ether oxygens (including phenoxy) is 1. The Hall–Kier alpha value is -3.50. The molecule has 3 rings (SSSR count). The van der Waals surface area contributed by atoms with Crippen molar-refractivity contribution < 1.29 is 14.3 Å². The summed E-state index contributed by atoms with van der Waals surface area (Å²) in [5.41, 5.74) is 2.90. The summed E-state index contributed by atoms with van der Waals surface area (Å²) in [6, 6.07) is 16.6. The highest BCUT2D eigenvalue weighted by atomic mass is 32.1. The van der Waals surface area contributed by atoms with Gasteiger partial charge in [-0.25, -0.2) is 4.79 Å². The molecule has 0 fully saturated rings. The van der Waals surface area contributed by atoms with E-state index in [1.807, 2.05) is 36.4 Å². The minimum Gasteiger partial charge on any atom is -0.452 e. The third kappa shape index (κ3) is 4.37. The van der Waals surface area contributed by atoms with E-state index in [1.54, 1.807) is 30.5 Å². The van der Waals surface area contributed by atoms with Crippen molar-refractivity contribution in [1.82, 2.24) is 4.98 Å². The first-order chi connectivity index (χ1) is 13.1. The lowest BCUT2D eigenvalue weighted by molar-refractivity contribution is -0.119. The molecule has 0 aliphatic rings. The van der Waals surface area contributed by atoms with Crippen LogP contribution < -0.4 is 5.32 Å². The molecule has 7 heteroatoms. The average Bonchev–Trinajstić information content (AvgIpc) is 3.13. The van der Waals surface area contributed by atoms with Gasteiger partial charge >= 0.3 is 5.97 Å². The standard InChI is InChI=1S/C20H15N3O3S/c1-13-16(7-8-17(22-13)14-5-3-2-4-6-14)20(25)26-12-18(24)23-19-15(11-21)9-10-27-19/h2-10H,12H2,1H3,(H,23,24). The summed E-state index contributed by atoms with van der Waals surface area (Å²) in [6.07, 6.45) is 0. The van der Waals surface area contributed by atoms with Crippen LogP contribution in [-0.2, 0) is 9.53 Å². The van der Waals surface area contributed by atoms with Gasteiger partial charge in [-0.05, 0) is 30.5 Å². The van der Waals surface area contributed by atoms with Crippen molar-refractivity contribution in [2.75, 3.05) is 11.9 Å². The molecule has 1 N–H and O–H groups in total. The number of nitrogens with zero attached hydrogens (tertiary/aromatic N) is 2. The van der Waals surface area contributed by atoms with Crippen molar-refractivity contribution in [3.63, 3.8) is 0 Å². The van der Waals surface area contributed by atoms with Crippen LogP contribution >= 0.6 is 11.3 Å². The van der Waals surface area contributed by atoms with Gasteiger partial charge in [-0.2, -0.15) is 5.26 Å². The Balaban J connectivity index is 1.63. The van der Waals surface area contributed by atoms with Crippen LogP contribution in [-0.4, -0.2) is 23.5 Å². The van der Waals surface area contributed by atoms with Crippen molar-refractivity contribution in [2.24, 2.45) is 0 Å². The molecule has 0 aliphatic heterocycles. The second-order valence-electron chi connectivity index (χ2n) is 5.60. The predicted molar refractivity (Wildman–Crippen MR) is 102 cm³/mol. The van der Waals surface area contributed by atoms with Gasteiger partial charge in [0.25, 0.3) is 5.91 Å². The molecule has 0 saturated carbocycles. The molecule has 0 bridgehead atoms. The van der Waals surface area contributed by atoms with Crippen LogP contribution in [0.2, 0.25) is 0 Å². The van der Waals surface area contributed by atoms with Gasteiger partial charge in [-0.3, -0.25) is 9.78 Å². The maximum absolute atomic E-state index is 12.3. The van der Waals surface area contributed by atoms with Crippen molar-refractivity contribution in [2.45, 2.75) is 6.92 Å². The summed E-state index contributed by atoms with van der Waals surface area (Å²) >= 11 is 1.23. The zero-order valence-electron chi connectivity index (χ0n) is 14.4. The number of aryl methyl sites for hydroxylation is 1. The van der Waals surface area contributed by atoms with Crippen LogP contribution in [0.4, 0.5) is 5.00 Å². The van der Waals surface area contributed by atoms with Gasteiger partial charge in [-0.1, -0.05) is 30.3 Å². The molecular formula is C20H15N3O3S. The second-order valence-corrected chi connectivity index (χ2v) is 6.51. The lowest BCUT2D eigenvalue weighted by Crippen LogP contribution is -2.21. The number of nitrogens with one attached hydrogen (secondary N) is 1. The quantitative estimate of drug-likeness (QED) is 0.683. The third-order valence-electron chi connectivity index (χ3n) is 3.75. The number of pyridine rings is 1. The molecule has 0 aliphatic carbocycles. The largest absolute Gasteiger partial charge is 0.452 e. The van der Waals surface area contributed by atoms with E-state index in [9.17, 15) is 9.59 Å². The van der Waals surface area contributed by atoms with Gasteiger partial charge in [0.05, 0.1) is 22.5 Å². The first-order valence-corrected chi connectivity index (χ1v) is 8.94. The van der Waals surface area contributed by atoms with E-state index >= 15 is 0 Å². The highest BCUT2D eigenvalue weighted by molar-refractivity contribution is 7.14. The fraction of sp³-hybridized carbons (Fsp3) is 0.100. The first kappa shape index (κ1) is 18.3. The van der Waals surface area contributed by atoms with Crippen LogP contribution in [0.5, 0.6) is 0 Å². The van der Waals surface area contributed by atoms with Gasteiger partial charge in [-0.15, -0.1) is 11.3 Å². The van der Waals surface area contributed by atoms with Crippen LogP contribution in [0.1, 0.15) is 21.6 Å². The Labute approximate surface area is 160 Å². The molecule has 134 valence electrons. The zero-order valence-corrected chi connectivity index (χ0v) is 15.2. The predicted octanol–water partition coefficient (Wildman–Crippen LogP) is 3.79. The van der Waals surface area contributed by atoms with E-state index in [2.05, 4.69) is 10.3 Å². The van der Waals surface area contributed by atoms with Crippen LogP contribution in [0.3, 0.4) is 0 Å². The van der Waals surface area contributed by atoms with E-state index in [1.165, 1.54) is 11.3 Å². The number of amides is 1. The highest BCUT2D eigenvalue weighted by Gasteiger charge is 2.15. The van der Waals surface area contributed by atoms with Crippen LogP contribution in [0.15, 0.2) is 53.9 Å². The summed E-state index contributed by atoms with van der Waals surface area (Å²) in [4.78, 5) is 28.6. The minimum atomic E-state index is -0.624. The fourth-order valence-corrected chi connectivity index (χ4v) is 3.17. The Kier molecular flexibility index (Phi) is 5.59. The SMILES string of the molecule is Cc1nc(-c2ccccc2)ccc1C(=O)OCC(=O)Nc1sccc1C#N. The third-order valence-corrected chi connectivity index (χ3v) is 4.58. The minimum absolute atomic E-state index is 0.302. The number of esters is 1. The number of carbonyl (C=O) groups excluding carboxylic acids is 2. The summed E-state index contributed by atoms with van der Waals surface area (Å²) in [5.74, 6) is -1.13. The number of anilines is 1. The van der Waals surface area contributed by atoms with Crippen molar-refractivity contribution >= 4 is 28.2 Å². The average molecular weight is 377 g/mol. The van der Waals surface area contributed by atoms with E-state index in [0.717, 1.165) is 11.3 Å². The van der Waals surface area contributed by atoms with Crippen LogP contribution in [0.25, 0.3) is 11.3 Å². The smallest absolute Gasteiger partial charge is 0.340 e. The lowest BCUT2D eigenvalue weighted by Gasteiger charge is -2.09. The van der Waals surface area contributed by atoms with E-state index in [0.29, 0.717) is 21.8 Å². The molecule has 2 aromatic heterocycles. The first-order valence-electron chi connectivity index (χ1n) is 8.06. The number of benzene rings is 1. The molecule has 0 unspecified atom stereocenters. The molecule has 1 amide bonds. The molecule has 0 spiro atoms. The number of nitriles is 1. The Morgan fingerprint density at radius 1 is 1.19 bits per heavy atom. The van der Waals surface area contributed by atoms with E-state index in [4.69, 9.17) is 10.00 Å². The summed E-state index contributed by atoms with van der Waals surface area (Å²) in [7, 11) is 0. The molecule has 2 heterocycles. The van der Waals surface area contributed by atoms with E-state index in [-0.39, 0.29) is 0 Å². The van der Waals surface area contributed by atoms with Gasteiger partial charge in [0, 0.05) is 5.56 Å². The van der Waals surface area contributed by atoms with Gasteiger partial charge in [0.2, 0.25) is 0 Å². The Bertz CT molecular complexity index is 1020. The molecule has 3 aromatic rings. The highest BCUT2D eigenvalue weighted by Crippen LogP contribution is 2.22. The Morgan fingerprint density at radius 2 is 1.96 bits per heavy atom. The number of hydrogen-bond acceptors (Lipinski definition) is 6. The molecule has 27 heavy (non-hydrogen) atoms. The molecule has 1 aromatic carbocycles. The second kappa shape index (κ2) is 8.25. The summed E-state index contributed by atoms with van der Waals surface area (Å²) in [5, 5.41) is 13.6. The Morgan fingerprint density at radius 3 is 2.67 bits per heavy atom. The molecule has 0 radical (unpaired) electrons. The maximum atomic E-state index is 12.3. The lowest BCUT2D eigenvalue weighted by atomic mass is 10.1.